The van der Waals surface area contributed by atoms with Crippen molar-refractivity contribution >= 4 is 28.7 Å². The fourth-order valence-corrected chi connectivity index (χ4v) is 6.57. The number of rotatable bonds is 7. The van der Waals surface area contributed by atoms with Crippen molar-refractivity contribution in [3.8, 4) is 23.3 Å². The second kappa shape index (κ2) is 13.4. The van der Waals surface area contributed by atoms with E-state index in [2.05, 4.69) is 16.0 Å². The number of likely N-dealkylation sites (N-methyl/N-ethyl adjacent to an activating group) is 1. The van der Waals surface area contributed by atoms with Crippen molar-refractivity contribution < 1.29 is 14.3 Å². The fraction of sp³-hybridized carbons (Fsp3) is 0.361. The number of pyridine rings is 1. The maximum absolute atomic E-state index is 14.2. The van der Waals surface area contributed by atoms with E-state index in [1.54, 1.807) is 64.7 Å². The van der Waals surface area contributed by atoms with Gasteiger partial charge in [-0.15, -0.1) is 0 Å². The number of para-hydroxylation sites is 1. The lowest BCUT2D eigenvalue weighted by atomic mass is 9.88. The maximum atomic E-state index is 14.2. The van der Waals surface area contributed by atoms with Crippen LogP contribution in [0, 0.1) is 16.7 Å². The lowest BCUT2D eigenvalue weighted by Gasteiger charge is -2.36. The second-order valence-corrected chi connectivity index (χ2v) is 13.0. The smallest absolute Gasteiger partial charge is 0.334 e. The van der Waals surface area contributed by atoms with Crippen LogP contribution in [0.15, 0.2) is 83.3 Å². The molecule has 4 aromatic rings. The van der Waals surface area contributed by atoms with Crippen LogP contribution in [0.25, 0.3) is 16.7 Å². The molecule has 248 valence electrons. The number of hydrogen-bond donors (Lipinski definition) is 1. The van der Waals surface area contributed by atoms with Crippen LogP contribution in [-0.4, -0.2) is 86.9 Å². The lowest BCUT2D eigenvalue weighted by molar-refractivity contribution is -0.139. The SMILES string of the molecule is CN1CCN(C(=O)C(C)(C)C=C(C#N)C(=O)N2CCCC(n3c(=O)n(-c4ccc(Oc5ccccc5)cc4)c4c(N)nccc43)C2)CC1. The van der Waals surface area contributed by atoms with Crippen molar-refractivity contribution in [3.63, 3.8) is 0 Å². The van der Waals surface area contributed by atoms with Crippen LogP contribution in [0.4, 0.5) is 5.82 Å². The summed E-state index contributed by atoms with van der Waals surface area (Å²) in [5, 5.41) is 10.1. The first-order valence-corrected chi connectivity index (χ1v) is 16.2. The summed E-state index contributed by atoms with van der Waals surface area (Å²) in [6, 6.07) is 20.0. The molecule has 2 aliphatic rings. The number of benzene rings is 2. The molecule has 2 N–H and O–H groups in total. The van der Waals surface area contributed by atoms with E-state index in [0.29, 0.717) is 60.7 Å². The molecule has 2 aromatic carbocycles. The van der Waals surface area contributed by atoms with Gasteiger partial charge in [0.15, 0.2) is 0 Å². The molecular weight excluding hydrogens is 608 g/mol. The Morgan fingerprint density at radius 1 is 0.979 bits per heavy atom. The van der Waals surface area contributed by atoms with Gasteiger partial charge in [-0.05, 0) is 82.3 Å². The number of carbonyl (C=O) groups is 2. The van der Waals surface area contributed by atoms with Gasteiger partial charge in [0, 0.05) is 45.5 Å². The Labute approximate surface area is 279 Å². The lowest BCUT2D eigenvalue weighted by Crippen LogP contribution is -2.50. The van der Waals surface area contributed by atoms with E-state index < -0.39 is 11.3 Å². The van der Waals surface area contributed by atoms with E-state index in [1.165, 1.54) is 10.6 Å². The van der Waals surface area contributed by atoms with E-state index >= 15 is 0 Å². The molecule has 1 unspecified atom stereocenters. The molecule has 2 fully saturated rings. The van der Waals surface area contributed by atoms with Crippen LogP contribution in [-0.2, 0) is 9.59 Å². The highest BCUT2D eigenvalue weighted by atomic mass is 16.5. The number of piperidine rings is 1. The summed E-state index contributed by atoms with van der Waals surface area (Å²) in [4.78, 5) is 51.2. The molecule has 0 radical (unpaired) electrons. The minimum absolute atomic E-state index is 0.0795. The summed E-state index contributed by atoms with van der Waals surface area (Å²) >= 11 is 0. The van der Waals surface area contributed by atoms with Crippen molar-refractivity contribution in [2.75, 3.05) is 52.0 Å². The van der Waals surface area contributed by atoms with Crippen LogP contribution in [0.2, 0.25) is 0 Å². The number of hydrogen-bond acceptors (Lipinski definition) is 8. The van der Waals surface area contributed by atoms with E-state index in [0.717, 1.165) is 13.1 Å². The monoisotopic (exact) mass is 648 g/mol. The number of piperazine rings is 1. The first-order valence-electron chi connectivity index (χ1n) is 16.2. The van der Waals surface area contributed by atoms with Crippen LogP contribution in [0.5, 0.6) is 11.5 Å². The molecule has 2 saturated heterocycles. The van der Waals surface area contributed by atoms with Gasteiger partial charge in [0.25, 0.3) is 5.91 Å². The van der Waals surface area contributed by atoms with Crippen LogP contribution in [0.1, 0.15) is 32.7 Å². The zero-order chi connectivity index (χ0) is 34.0. The number of nitrogens with zero attached hydrogens (tertiary/aromatic N) is 7. The molecular formula is C36H40N8O4. The normalized spacial score (nSPS) is 17.7. The summed E-state index contributed by atoms with van der Waals surface area (Å²) < 4.78 is 9.15. The summed E-state index contributed by atoms with van der Waals surface area (Å²) in [5.41, 5.74) is 6.61. The molecule has 2 aromatic heterocycles. The zero-order valence-electron chi connectivity index (χ0n) is 27.5. The summed E-state index contributed by atoms with van der Waals surface area (Å²) in [6.45, 7) is 6.88. The van der Waals surface area contributed by atoms with E-state index in [-0.39, 0.29) is 35.6 Å². The molecule has 12 heteroatoms. The van der Waals surface area contributed by atoms with Gasteiger partial charge in [0.2, 0.25) is 5.91 Å². The summed E-state index contributed by atoms with van der Waals surface area (Å²) in [7, 11) is 2.02. The molecule has 0 aliphatic carbocycles. The number of nitrogens with two attached hydrogens (primary N) is 1. The number of nitriles is 1. The molecule has 0 saturated carbocycles. The zero-order valence-corrected chi connectivity index (χ0v) is 27.5. The standard InChI is InChI=1S/C36H40N8O4/c1-36(2,34(46)41-20-18-40(3)19-21-41)22-25(23-37)33(45)42-17-7-8-27(24-42)43-30-15-16-39-32(38)31(30)44(35(43)47)26-11-13-29(14-12-26)48-28-9-5-4-6-10-28/h4-6,9-16,22,27H,7-8,17-21,24H2,1-3H3,(H2,38,39). The Balaban J connectivity index is 1.27. The highest BCUT2D eigenvalue weighted by molar-refractivity contribution is 5.99. The quantitative estimate of drug-likeness (QED) is 0.234. The van der Waals surface area contributed by atoms with E-state index in [4.69, 9.17) is 10.5 Å². The first kappa shape index (κ1) is 32.5. The number of likely N-dealkylation sites (tertiary alicyclic amines) is 1. The van der Waals surface area contributed by atoms with Gasteiger partial charge in [0.1, 0.15) is 34.5 Å². The van der Waals surface area contributed by atoms with Crippen molar-refractivity contribution in [2.24, 2.45) is 5.41 Å². The minimum atomic E-state index is -1.04. The first-order chi connectivity index (χ1) is 23.1. The number of ether oxygens (including phenoxy) is 1. The van der Waals surface area contributed by atoms with Crippen LogP contribution in [0.3, 0.4) is 0 Å². The fourth-order valence-electron chi connectivity index (χ4n) is 6.57. The Morgan fingerprint density at radius 2 is 1.67 bits per heavy atom. The number of fused-ring (bicyclic) bond motifs is 1. The second-order valence-electron chi connectivity index (χ2n) is 13.0. The van der Waals surface area contributed by atoms with Gasteiger partial charge < -0.3 is 25.2 Å². The molecule has 0 spiro atoms. The molecule has 48 heavy (non-hydrogen) atoms. The summed E-state index contributed by atoms with van der Waals surface area (Å²) in [6.07, 6.45) is 4.34. The number of anilines is 1. The Kier molecular flexibility index (Phi) is 9.06. The molecule has 4 heterocycles. The maximum Gasteiger partial charge on any atom is 0.334 e. The van der Waals surface area contributed by atoms with Crippen LogP contribution >= 0.6 is 0 Å². The predicted octanol–water partition coefficient (Wildman–Crippen LogP) is 3.98. The molecule has 0 bridgehead atoms. The topological polar surface area (TPSA) is 143 Å². The van der Waals surface area contributed by atoms with E-state index in [9.17, 15) is 19.6 Å². The largest absolute Gasteiger partial charge is 0.457 e. The Hall–Kier alpha value is -5.41. The molecule has 2 amide bonds. The summed E-state index contributed by atoms with van der Waals surface area (Å²) in [5.74, 6) is 0.956. The van der Waals surface area contributed by atoms with Gasteiger partial charge >= 0.3 is 5.69 Å². The number of nitrogen functional groups attached to an aromatic ring is 1. The Bertz CT molecular complexity index is 1950. The van der Waals surface area contributed by atoms with Crippen molar-refractivity contribution in [3.05, 3.63) is 89.0 Å². The average molecular weight is 649 g/mol. The van der Waals surface area contributed by atoms with Gasteiger partial charge in [-0.25, -0.2) is 9.78 Å². The third-order valence-corrected chi connectivity index (χ3v) is 9.13. The third-order valence-electron chi connectivity index (χ3n) is 9.13. The minimum Gasteiger partial charge on any atom is -0.457 e. The highest BCUT2D eigenvalue weighted by Crippen LogP contribution is 2.31. The van der Waals surface area contributed by atoms with Gasteiger partial charge in [-0.2, -0.15) is 5.26 Å². The van der Waals surface area contributed by atoms with Crippen molar-refractivity contribution in [2.45, 2.75) is 32.7 Å². The van der Waals surface area contributed by atoms with Gasteiger partial charge in [0.05, 0.1) is 22.7 Å². The molecule has 12 nitrogen and oxygen atoms in total. The number of aromatic nitrogens is 3. The molecule has 6 rings (SSSR count). The van der Waals surface area contributed by atoms with E-state index in [1.807, 2.05) is 37.4 Å². The van der Waals surface area contributed by atoms with Crippen LogP contribution < -0.4 is 16.2 Å². The average Bonchev–Trinajstić information content (AvgIpc) is 3.40. The van der Waals surface area contributed by atoms with Crippen molar-refractivity contribution in [1.29, 1.82) is 5.26 Å². The number of amides is 2. The van der Waals surface area contributed by atoms with Crippen molar-refractivity contribution in [1.82, 2.24) is 28.8 Å². The predicted molar refractivity (Wildman–Crippen MR) is 183 cm³/mol. The highest BCUT2D eigenvalue weighted by Gasteiger charge is 2.35. The molecule has 2 aliphatic heterocycles. The number of imidazole rings is 1. The van der Waals surface area contributed by atoms with Gasteiger partial charge in [-0.1, -0.05) is 18.2 Å². The van der Waals surface area contributed by atoms with Gasteiger partial charge in [-0.3, -0.25) is 18.7 Å². The molecule has 1 atom stereocenters. The number of carbonyl (C=O) groups excluding carboxylic acids is 2. The third kappa shape index (κ3) is 6.41. The Morgan fingerprint density at radius 3 is 2.35 bits per heavy atom.